The molecule has 3 aromatic heterocycles. The topological polar surface area (TPSA) is 69.6 Å². The summed E-state index contributed by atoms with van der Waals surface area (Å²) < 4.78 is 15.7. The fourth-order valence-electron chi connectivity index (χ4n) is 4.07. The Balaban J connectivity index is 1.33. The number of anilines is 1. The van der Waals surface area contributed by atoms with Crippen LogP contribution in [0.15, 0.2) is 54.5 Å². The number of allylic oxidation sites excluding steroid dienone is 2. The smallest absolute Gasteiger partial charge is 0.165 e. The van der Waals surface area contributed by atoms with Crippen LogP contribution in [-0.4, -0.2) is 19.5 Å². The largest absolute Gasteiger partial charge is 0.381 e. The first-order chi connectivity index (χ1) is 14.1. The molecule has 4 aromatic rings. The van der Waals surface area contributed by atoms with Crippen molar-refractivity contribution in [2.24, 2.45) is 0 Å². The maximum absolute atomic E-state index is 13.6. The molecule has 1 unspecified atom stereocenters. The molecule has 0 spiro atoms. The first-order valence-corrected chi connectivity index (χ1v) is 9.97. The highest BCUT2D eigenvalue weighted by Gasteiger charge is 2.20. The molecule has 5 rings (SSSR count). The number of aromatic nitrogens is 4. The SMILES string of the molecule is Nc1nc2cc(CCC3=CC(n4ccc5c(Cl)ncnc54)CC3)ccc2cc1F. The van der Waals surface area contributed by atoms with Crippen LogP contribution in [-0.2, 0) is 6.42 Å². The summed E-state index contributed by atoms with van der Waals surface area (Å²) in [6.07, 6.45) is 9.88. The van der Waals surface area contributed by atoms with E-state index in [-0.39, 0.29) is 11.9 Å². The predicted molar refractivity (Wildman–Crippen MR) is 113 cm³/mol. The van der Waals surface area contributed by atoms with Crippen molar-refractivity contribution >= 4 is 39.4 Å². The highest BCUT2D eigenvalue weighted by molar-refractivity contribution is 6.33. The van der Waals surface area contributed by atoms with Gasteiger partial charge in [0, 0.05) is 11.6 Å². The number of rotatable bonds is 4. The van der Waals surface area contributed by atoms with Gasteiger partial charge in [-0.05, 0) is 49.4 Å². The van der Waals surface area contributed by atoms with Gasteiger partial charge >= 0.3 is 0 Å². The van der Waals surface area contributed by atoms with E-state index in [0.717, 1.165) is 47.6 Å². The molecule has 7 heteroatoms. The molecule has 1 aliphatic rings. The van der Waals surface area contributed by atoms with Crippen molar-refractivity contribution in [3.8, 4) is 0 Å². The third-order valence-corrected chi connectivity index (χ3v) is 5.91. The third-order valence-electron chi connectivity index (χ3n) is 5.60. The minimum atomic E-state index is -0.475. The summed E-state index contributed by atoms with van der Waals surface area (Å²) >= 11 is 6.17. The van der Waals surface area contributed by atoms with Crippen molar-refractivity contribution in [2.45, 2.75) is 31.7 Å². The van der Waals surface area contributed by atoms with Gasteiger partial charge in [-0.25, -0.2) is 19.3 Å². The average molecular weight is 408 g/mol. The van der Waals surface area contributed by atoms with Crippen LogP contribution in [0.5, 0.6) is 0 Å². The molecule has 0 bridgehead atoms. The van der Waals surface area contributed by atoms with Crippen LogP contribution >= 0.6 is 11.6 Å². The minimum Gasteiger partial charge on any atom is -0.381 e. The number of hydrogen-bond donors (Lipinski definition) is 1. The van der Waals surface area contributed by atoms with Crippen LogP contribution < -0.4 is 5.73 Å². The Hall–Kier alpha value is -2.99. The zero-order chi connectivity index (χ0) is 20.0. The first-order valence-electron chi connectivity index (χ1n) is 9.60. The van der Waals surface area contributed by atoms with E-state index in [4.69, 9.17) is 17.3 Å². The summed E-state index contributed by atoms with van der Waals surface area (Å²) in [7, 11) is 0. The minimum absolute atomic E-state index is 0.0566. The van der Waals surface area contributed by atoms with Crippen LogP contribution in [0.1, 0.15) is 30.9 Å². The highest BCUT2D eigenvalue weighted by Crippen LogP contribution is 2.34. The Labute approximate surface area is 172 Å². The van der Waals surface area contributed by atoms with E-state index in [1.807, 2.05) is 30.5 Å². The molecule has 1 atom stereocenters. The molecule has 0 fully saturated rings. The molecular formula is C22H19ClFN5. The van der Waals surface area contributed by atoms with Crippen LogP contribution in [0.25, 0.3) is 21.9 Å². The monoisotopic (exact) mass is 407 g/mol. The Morgan fingerprint density at radius 2 is 2.07 bits per heavy atom. The zero-order valence-electron chi connectivity index (χ0n) is 15.6. The lowest BCUT2D eigenvalue weighted by Gasteiger charge is -2.10. The van der Waals surface area contributed by atoms with E-state index in [1.165, 1.54) is 23.5 Å². The van der Waals surface area contributed by atoms with Crippen LogP contribution in [0.2, 0.25) is 5.15 Å². The van der Waals surface area contributed by atoms with Gasteiger partial charge in [-0.3, -0.25) is 0 Å². The van der Waals surface area contributed by atoms with Gasteiger partial charge in [-0.2, -0.15) is 0 Å². The average Bonchev–Trinajstić information content (AvgIpc) is 3.35. The predicted octanol–water partition coefficient (Wildman–Crippen LogP) is 5.25. The molecule has 5 nitrogen and oxygen atoms in total. The van der Waals surface area contributed by atoms with Crippen LogP contribution in [0.3, 0.4) is 0 Å². The van der Waals surface area contributed by atoms with E-state index < -0.39 is 5.82 Å². The molecule has 0 aliphatic heterocycles. The molecule has 2 N–H and O–H groups in total. The molecule has 0 saturated heterocycles. The fraction of sp³-hybridized carbons (Fsp3) is 0.227. The summed E-state index contributed by atoms with van der Waals surface area (Å²) in [6.45, 7) is 0. The van der Waals surface area contributed by atoms with E-state index in [2.05, 4.69) is 25.6 Å². The number of fused-ring (bicyclic) bond motifs is 2. The molecular weight excluding hydrogens is 389 g/mol. The molecule has 0 amide bonds. The Kier molecular flexibility index (Phi) is 4.43. The van der Waals surface area contributed by atoms with E-state index >= 15 is 0 Å². The van der Waals surface area contributed by atoms with Crippen molar-refractivity contribution in [3.63, 3.8) is 0 Å². The van der Waals surface area contributed by atoms with Gasteiger partial charge in [0.1, 0.15) is 17.1 Å². The summed E-state index contributed by atoms with van der Waals surface area (Å²) in [5, 5.41) is 2.14. The number of halogens is 2. The standard InChI is InChI=1S/C22H19ClFN5/c23-20-17-7-8-29(22(17)27-12-26-20)16-6-4-13(9-16)1-2-14-3-5-15-11-18(24)21(25)28-19(15)10-14/h3,5,7-12,16H,1-2,4,6H2,(H2,25,28). The summed E-state index contributed by atoms with van der Waals surface area (Å²) in [6, 6.07) is 9.63. The van der Waals surface area contributed by atoms with Crippen LogP contribution in [0.4, 0.5) is 10.2 Å². The van der Waals surface area contributed by atoms with E-state index in [9.17, 15) is 4.39 Å². The molecule has 1 aromatic carbocycles. The number of nitrogen functional groups attached to an aromatic ring is 1. The molecule has 0 saturated carbocycles. The number of nitrogens with two attached hydrogens (primary N) is 1. The second-order valence-corrected chi connectivity index (χ2v) is 7.80. The van der Waals surface area contributed by atoms with Gasteiger partial charge in [0.2, 0.25) is 0 Å². The Bertz CT molecular complexity index is 1260. The van der Waals surface area contributed by atoms with E-state index in [0.29, 0.717) is 5.15 Å². The second kappa shape index (κ2) is 7.12. The maximum Gasteiger partial charge on any atom is 0.165 e. The maximum atomic E-state index is 13.6. The van der Waals surface area contributed by atoms with Gasteiger partial charge in [0.15, 0.2) is 11.6 Å². The van der Waals surface area contributed by atoms with Gasteiger partial charge in [-0.15, -0.1) is 0 Å². The third kappa shape index (κ3) is 3.34. The lowest BCUT2D eigenvalue weighted by atomic mass is 10.0. The van der Waals surface area contributed by atoms with Crippen molar-refractivity contribution in [2.75, 3.05) is 5.73 Å². The molecule has 3 heterocycles. The number of nitrogens with zero attached hydrogens (tertiary/aromatic N) is 4. The zero-order valence-corrected chi connectivity index (χ0v) is 16.4. The second-order valence-electron chi connectivity index (χ2n) is 7.44. The van der Waals surface area contributed by atoms with Crippen molar-refractivity contribution in [1.82, 2.24) is 19.5 Å². The number of pyridine rings is 1. The lowest BCUT2D eigenvalue weighted by molar-refractivity contribution is 0.603. The molecule has 29 heavy (non-hydrogen) atoms. The molecule has 146 valence electrons. The molecule has 1 aliphatic carbocycles. The van der Waals surface area contributed by atoms with Gasteiger partial charge in [-0.1, -0.05) is 35.4 Å². The quantitative estimate of drug-likeness (QED) is 0.370. The normalized spacial score (nSPS) is 16.6. The summed E-state index contributed by atoms with van der Waals surface area (Å²) in [4.78, 5) is 12.6. The fourth-order valence-corrected chi connectivity index (χ4v) is 4.26. The number of aryl methyl sites for hydroxylation is 1. The molecule has 0 radical (unpaired) electrons. The van der Waals surface area contributed by atoms with Crippen molar-refractivity contribution in [3.05, 3.63) is 71.0 Å². The van der Waals surface area contributed by atoms with Gasteiger partial charge in [0.25, 0.3) is 0 Å². The van der Waals surface area contributed by atoms with Gasteiger partial charge in [0.05, 0.1) is 16.9 Å². The Morgan fingerprint density at radius 1 is 1.17 bits per heavy atom. The summed E-state index contributed by atoms with van der Waals surface area (Å²) in [5.74, 6) is -0.532. The Morgan fingerprint density at radius 3 is 2.97 bits per heavy atom. The van der Waals surface area contributed by atoms with Crippen molar-refractivity contribution in [1.29, 1.82) is 0 Å². The van der Waals surface area contributed by atoms with E-state index in [1.54, 1.807) is 0 Å². The van der Waals surface area contributed by atoms with Crippen LogP contribution in [0, 0.1) is 5.82 Å². The van der Waals surface area contributed by atoms with Crippen molar-refractivity contribution < 1.29 is 4.39 Å². The first kappa shape index (κ1) is 18.1. The number of benzene rings is 1. The highest BCUT2D eigenvalue weighted by atomic mass is 35.5. The lowest BCUT2D eigenvalue weighted by Crippen LogP contribution is -2.02. The summed E-state index contributed by atoms with van der Waals surface area (Å²) in [5.41, 5.74) is 9.82. The van der Waals surface area contributed by atoms with Gasteiger partial charge < -0.3 is 10.3 Å². The number of hydrogen-bond acceptors (Lipinski definition) is 4.